The summed E-state index contributed by atoms with van der Waals surface area (Å²) >= 11 is 3.15. The maximum absolute atomic E-state index is 13.0. The first kappa shape index (κ1) is 30.8. The van der Waals surface area contributed by atoms with Gasteiger partial charge in [0.25, 0.3) is 5.91 Å². The molecule has 1 amide bonds. The van der Waals surface area contributed by atoms with E-state index in [1.165, 1.54) is 103 Å². The normalized spacial score (nSPS) is 12.8. The van der Waals surface area contributed by atoms with Crippen molar-refractivity contribution in [3.05, 3.63) is 51.0 Å². The van der Waals surface area contributed by atoms with Crippen molar-refractivity contribution in [1.82, 2.24) is 4.57 Å². The quantitative estimate of drug-likeness (QED) is 0.127. The Morgan fingerprint density at radius 1 is 0.675 bits per heavy atom. The maximum Gasteiger partial charge on any atom is 0.280 e. The van der Waals surface area contributed by atoms with Gasteiger partial charge in [-0.05, 0) is 29.3 Å². The highest BCUT2D eigenvalue weighted by Gasteiger charge is 2.36. The number of thiophene rings is 2. The van der Waals surface area contributed by atoms with Crippen LogP contribution in [-0.2, 0) is 6.54 Å². The van der Waals surface area contributed by atoms with E-state index in [4.69, 9.17) is 0 Å². The van der Waals surface area contributed by atoms with Crippen LogP contribution in [0.3, 0.4) is 0 Å². The van der Waals surface area contributed by atoms with E-state index in [0.29, 0.717) is 16.8 Å². The van der Waals surface area contributed by atoms with Gasteiger partial charge in [0.05, 0.1) is 32.3 Å². The Morgan fingerprint density at radius 2 is 1.15 bits per heavy atom. The summed E-state index contributed by atoms with van der Waals surface area (Å²) in [6, 6.07) is 7.95. The second-order valence-electron chi connectivity index (χ2n) is 11.3. The van der Waals surface area contributed by atoms with Crippen molar-refractivity contribution in [3.63, 3.8) is 0 Å². The van der Waals surface area contributed by atoms with Crippen molar-refractivity contribution in [1.29, 1.82) is 0 Å². The fourth-order valence-corrected chi connectivity index (χ4v) is 7.41. The number of hydrogen-bond donors (Lipinski definition) is 1. The van der Waals surface area contributed by atoms with Crippen LogP contribution >= 0.6 is 22.7 Å². The molecule has 0 radical (unpaired) electrons. The van der Waals surface area contributed by atoms with Crippen molar-refractivity contribution in [2.75, 3.05) is 0 Å². The minimum atomic E-state index is -0.242. The van der Waals surface area contributed by atoms with Crippen molar-refractivity contribution < 1.29 is 9.90 Å². The third kappa shape index (κ3) is 8.42. The smallest absolute Gasteiger partial charge is 0.280 e. The lowest BCUT2D eigenvalue weighted by Gasteiger charge is -2.11. The van der Waals surface area contributed by atoms with Crippen LogP contribution in [0.5, 0.6) is 5.88 Å². The van der Waals surface area contributed by atoms with E-state index in [1.807, 2.05) is 39.6 Å². The van der Waals surface area contributed by atoms with E-state index in [1.54, 1.807) is 22.7 Å². The molecule has 4 rings (SSSR count). The Balaban J connectivity index is 1.13. The zero-order valence-electron chi connectivity index (χ0n) is 24.5. The Kier molecular flexibility index (Phi) is 13.0. The molecule has 3 aromatic rings. The number of unbranched alkanes of at least 4 members (excludes halogenated alkanes) is 17. The molecule has 218 valence electrons. The van der Waals surface area contributed by atoms with Crippen molar-refractivity contribution >= 4 is 34.3 Å². The van der Waals surface area contributed by atoms with Gasteiger partial charge in [0.15, 0.2) is 0 Å². The van der Waals surface area contributed by atoms with E-state index in [-0.39, 0.29) is 11.8 Å². The number of fused-ring (bicyclic) bond motifs is 1. The van der Waals surface area contributed by atoms with E-state index < -0.39 is 0 Å². The summed E-state index contributed by atoms with van der Waals surface area (Å²) in [5, 5.41) is 15.3. The number of carbonyl (C=O) groups excluding carboxylic acids is 1. The first-order valence-electron chi connectivity index (χ1n) is 15.9. The monoisotopic (exact) mass is 580 g/mol. The number of carbonyl (C=O) groups is 1. The van der Waals surface area contributed by atoms with Crippen LogP contribution in [0.2, 0.25) is 0 Å². The van der Waals surface area contributed by atoms with Gasteiger partial charge in [-0.15, -0.1) is 22.7 Å². The van der Waals surface area contributed by atoms with Gasteiger partial charge in [-0.25, -0.2) is 4.99 Å². The summed E-state index contributed by atoms with van der Waals surface area (Å²) in [7, 11) is 0. The number of hydrogen-bond acceptors (Lipinski definition) is 4. The Hall–Kier alpha value is -2.18. The van der Waals surface area contributed by atoms with Gasteiger partial charge >= 0.3 is 0 Å². The topological polar surface area (TPSA) is 54.6 Å². The van der Waals surface area contributed by atoms with Crippen LogP contribution in [0.1, 0.15) is 143 Å². The minimum absolute atomic E-state index is 0.184. The number of aromatic hydroxyl groups is 1. The zero-order chi connectivity index (χ0) is 28.0. The standard InChI is InChI=1S/C34H48N2O2S2/c1-2-3-4-5-6-7-8-9-10-11-12-13-14-15-16-17-18-19-24-36-32(28-23-21-26-40-28)30-29(34(36)38)31(35-33(30)37)27-22-20-25-39-27/h20-23,25-26,38H,2-19,24H2,1H3. The molecule has 0 aliphatic carbocycles. The van der Waals surface area contributed by atoms with Crippen LogP contribution in [0, 0.1) is 0 Å². The lowest BCUT2D eigenvalue weighted by Crippen LogP contribution is -2.03. The fraction of sp³-hybridized carbons (Fsp3) is 0.588. The summed E-state index contributed by atoms with van der Waals surface area (Å²) in [6.45, 7) is 3.00. The van der Waals surface area contributed by atoms with Gasteiger partial charge in [-0.3, -0.25) is 4.79 Å². The highest BCUT2D eigenvalue weighted by molar-refractivity contribution is 7.13. The molecule has 1 aliphatic rings. The van der Waals surface area contributed by atoms with E-state index in [2.05, 4.69) is 11.9 Å². The maximum atomic E-state index is 13.0. The molecule has 0 saturated carbocycles. The van der Waals surface area contributed by atoms with Crippen LogP contribution in [0.25, 0.3) is 10.6 Å². The molecule has 0 atom stereocenters. The molecule has 0 spiro atoms. The number of rotatable bonds is 21. The second-order valence-corrected chi connectivity index (χ2v) is 13.2. The number of aromatic nitrogens is 1. The molecule has 0 bridgehead atoms. The van der Waals surface area contributed by atoms with Crippen molar-refractivity contribution in [3.8, 4) is 16.5 Å². The molecule has 6 heteroatoms. The first-order valence-corrected chi connectivity index (χ1v) is 17.6. The largest absolute Gasteiger partial charge is 0.494 e. The first-order chi connectivity index (χ1) is 19.7. The predicted octanol–water partition coefficient (Wildman–Crippen LogP) is 11.0. The Morgan fingerprint density at radius 3 is 1.62 bits per heavy atom. The number of aliphatic imine (C=N–C) groups is 1. The highest BCUT2D eigenvalue weighted by atomic mass is 32.1. The molecule has 0 saturated heterocycles. The van der Waals surface area contributed by atoms with Crippen LogP contribution in [-0.4, -0.2) is 21.3 Å². The fourth-order valence-electron chi connectivity index (χ4n) is 5.90. The average molecular weight is 581 g/mol. The Labute approximate surface area is 249 Å². The summed E-state index contributed by atoms with van der Waals surface area (Å²) in [5.41, 5.74) is 2.61. The zero-order valence-corrected chi connectivity index (χ0v) is 26.1. The van der Waals surface area contributed by atoms with Gasteiger partial charge in [-0.2, -0.15) is 0 Å². The van der Waals surface area contributed by atoms with Gasteiger partial charge in [0.2, 0.25) is 5.88 Å². The average Bonchev–Trinajstić information content (AvgIpc) is 3.76. The molecule has 40 heavy (non-hydrogen) atoms. The number of amides is 1. The van der Waals surface area contributed by atoms with Gasteiger partial charge < -0.3 is 9.67 Å². The lowest BCUT2D eigenvalue weighted by molar-refractivity contribution is 0.101. The molecule has 4 nitrogen and oxygen atoms in total. The van der Waals surface area contributed by atoms with Gasteiger partial charge in [0.1, 0.15) is 0 Å². The summed E-state index contributed by atoms with van der Waals surface area (Å²) in [5.74, 6) is -0.0583. The molecular weight excluding hydrogens is 533 g/mol. The third-order valence-electron chi connectivity index (χ3n) is 8.14. The molecule has 0 fully saturated rings. The van der Waals surface area contributed by atoms with E-state index >= 15 is 0 Å². The molecule has 1 N–H and O–H groups in total. The summed E-state index contributed by atoms with van der Waals surface area (Å²) in [6.07, 6.45) is 24.3. The van der Waals surface area contributed by atoms with Gasteiger partial charge in [-0.1, -0.05) is 128 Å². The summed E-state index contributed by atoms with van der Waals surface area (Å²) in [4.78, 5) is 19.3. The van der Waals surface area contributed by atoms with E-state index in [0.717, 1.165) is 34.8 Å². The number of nitrogens with zero attached hydrogens (tertiary/aromatic N) is 2. The molecule has 3 aromatic heterocycles. The second kappa shape index (κ2) is 16.9. The van der Waals surface area contributed by atoms with Crippen molar-refractivity contribution in [2.24, 2.45) is 4.99 Å². The van der Waals surface area contributed by atoms with Crippen LogP contribution < -0.4 is 0 Å². The van der Waals surface area contributed by atoms with E-state index in [9.17, 15) is 9.90 Å². The minimum Gasteiger partial charge on any atom is -0.494 e. The molecule has 0 aromatic carbocycles. The lowest BCUT2D eigenvalue weighted by atomic mass is 10.0. The molecule has 0 unspecified atom stereocenters. The molecule has 4 heterocycles. The van der Waals surface area contributed by atoms with Crippen LogP contribution in [0.4, 0.5) is 0 Å². The van der Waals surface area contributed by atoms with Crippen LogP contribution in [0.15, 0.2) is 40.0 Å². The summed E-state index contributed by atoms with van der Waals surface area (Å²) < 4.78 is 1.96. The molecule has 1 aliphatic heterocycles. The predicted molar refractivity (Wildman–Crippen MR) is 172 cm³/mol. The third-order valence-corrected chi connectivity index (χ3v) is 9.90. The van der Waals surface area contributed by atoms with Crippen molar-refractivity contribution in [2.45, 2.75) is 129 Å². The Bertz CT molecular complexity index is 1180. The van der Waals surface area contributed by atoms with Gasteiger partial charge in [0, 0.05) is 6.54 Å². The SMILES string of the molecule is CCCCCCCCCCCCCCCCCCCCn1c(O)c2c(c1-c1cccs1)C(=O)N=C2c1cccs1. The highest BCUT2D eigenvalue weighted by Crippen LogP contribution is 2.43. The molecular formula is C34H48N2O2S2.